The van der Waals surface area contributed by atoms with Gasteiger partial charge in [-0.25, -0.2) is 0 Å². The summed E-state index contributed by atoms with van der Waals surface area (Å²) in [6.45, 7) is 7.51. The van der Waals surface area contributed by atoms with E-state index in [1.165, 1.54) is 15.6 Å². The summed E-state index contributed by atoms with van der Waals surface area (Å²) in [6.07, 6.45) is 0. The van der Waals surface area contributed by atoms with Crippen LogP contribution in [-0.2, 0) is 17.8 Å². The number of likely N-dealkylation sites (N-methyl/N-ethyl adjacent to an activating group) is 1. The van der Waals surface area contributed by atoms with E-state index in [9.17, 15) is 0 Å². The lowest BCUT2D eigenvalue weighted by atomic mass is 10.1. The molecular formula is C22H30BrN3O2. The molecule has 1 aliphatic rings. The Labute approximate surface area is 176 Å². The summed E-state index contributed by atoms with van der Waals surface area (Å²) in [7, 11) is 3.87. The first kappa shape index (κ1) is 21.1. The first-order valence-corrected chi connectivity index (χ1v) is 10.6. The number of methoxy groups -OCH3 is 1. The van der Waals surface area contributed by atoms with Crippen LogP contribution in [0.2, 0.25) is 0 Å². The fourth-order valence-electron chi connectivity index (χ4n) is 3.18. The highest BCUT2D eigenvalue weighted by Crippen LogP contribution is 2.24. The normalized spacial score (nSPS) is 15.5. The molecule has 28 heavy (non-hydrogen) atoms. The maximum atomic E-state index is 5.60. The third kappa shape index (κ3) is 6.48. The minimum absolute atomic E-state index is 0.572. The van der Waals surface area contributed by atoms with Crippen molar-refractivity contribution >= 4 is 21.6 Å². The van der Waals surface area contributed by atoms with E-state index in [4.69, 9.17) is 9.47 Å². The van der Waals surface area contributed by atoms with E-state index in [0.29, 0.717) is 13.2 Å². The molecule has 3 rings (SSSR count). The van der Waals surface area contributed by atoms with E-state index in [-0.39, 0.29) is 0 Å². The molecule has 1 saturated heterocycles. The molecule has 1 N–H and O–H groups in total. The Morgan fingerprint density at radius 1 is 1.00 bits per heavy atom. The van der Waals surface area contributed by atoms with E-state index in [2.05, 4.69) is 68.4 Å². The first-order chi connectivity index (χ1) is 13.6. The molecular weight excluding hydrogens is 418 g/mol. The summed E-state index contributed by atoms with van der Waals surface area (Å²) in [5, 5.41) is 3.50. The van der Waals surface area contributed by atoms with Gasteiger partial charge < -0.3 is 19.7 Å². The number of anilines is 1. The topological polar surface area (TPSA) is 37.0 Å². The van der Waals surface area contributed by atoms with Gasteiger partial charge in [0.25, 0.3) is 0 Å². The molecule has 0 aliphatic carbocycles. The second-order valence-electron chi connectivity index (χ2n) is 7.22. The fourth-order valence-corrected chi connectivity index (χ4v) is 3.69. The smallest absolute Gasteiger partial charge is 0.119 e. The lowest BCUT2D eigenvalue weighted by molar-refractivity contribution is 0.146. The highest BCUT2D eigenvalue weighted by atomic mass is 79.9. The minimum Gasteiger partial charge on any atom is -0.491 e. The van der Waals surface area contributed by atoms with Gasteiger partial charge in [0.1, 0.15) is 12.4 Å². The Bertz CT molecular complexity index is 731. The molecule has 5 nitrogen and oxygen atoms in total. The molecule has 2 aromatic rings. The van der Waals surface area contributed by atoms with Crippen molar-refractivity contribution in [1.29, 1.82) is 0 Å². The maximum absolute atomic E-state index is 5.60. The van der Waals surface area contributed by atoms with E-state index in [1.54, 1.807) is 7.11 Å². The number of ether oxygens (including phenoxy) is 2. The summed E-state index contributed by atoms with van der Waals surface area (Å²) in [4.78, 5) is 4.90. The Morgan fingerprint density at radius 2 is 1.75 bits per heavy atom. The van der Waals surface area contributed by atoms with Gasteiger partial charge >= 0.3 is 0 Å². The van der Waals surface area contributed by atoms with Crippen molar-refractivity contribution in [2.75, 3.05) is 58.9 Å². The lowest BCUT2D eigenvalue weighted by Crippen LogP contribution is -2.43. The van der Waals surface area contributed by atoms with E-state index < -0.39 is 0 Å². The van der Waals surface area contributed by atoms with Crippen LogP contribution in [0.4, 0.5) is 5.69 Å². The van der Waals surface area contributed by atoms with Crippen LogP contribution in [0.3, 0.4) is 0 Å². The van der Waals surface area contributed by atoms with Gasteiger partial charge in [0.15, 0.2) is 0 Å². The average molecular weight is 448 g/mol. The van der Waals surface area contributed by atoms with Gasteiger partial charge in [0.05, 0.1) is 6.61 Å². The standard InChI is InChI=1S/C22H30BrN3O2/c1-25-9-11-26(12-10-25)17-19-5-6-20(15-22(19)23)24-16-18-3-7-21(8-4-18)28-14-13-27-2/h3-8,15,24H,9-14,16-17H2,1-2H3. The third-order valence-electron chi connectivity index (χ3n) is 5.02. The zero-order valence-electron chi connectivity index (χ0n) is 16.8. The monoisotopic (exact) mass is 447 g/mol. The van der Waals surface area contributed by atoms with Crippen LogP contribution in [0.5, 0.6) is 5.75 Å². The van der Waals surface area contributed by atoms with Crippen LogP contribution in [0, 0.1) is 0 Å². The molecule has 6 heteroatoms. The molecule has 1 aliphatic heterocycles. The number of nitrogens with one attached hydrogen (secondary N) is 1. The van der Waals surface area contributed by atoms with Crippen LogP contribution < -0.4 is 10.1 Å². The van der Waals surface area contributed by atoms with Gasteiger partial charge in [0.2, 0.25) is 0 Å². The Balaban J connectivity index is 1.49. The van der Waals surface area contributed by atoms with Crippen molar-refractivity contribution in [3.8, 4) is 5.75 Å². The number of hydrogen-bond donors (Lipinski definition) is 1. The molecule has 0 atom stereocenters. The SMILES string of the molecule is COCCOc1ccc(CNc2ccc(CN3CCN(C)CC3)c(Br)c2)cc1. The summed E-state index contributed by atoms with van der Waals surface area (Å²) < 4.78 is 11.8. The van der Waals surface area contributed by atoms with Gasteiger partial charge in [-0.05, 0) is 42.4 Å². The summed E-state index contributed by atoms with van der Waals surface area (Å²) in [6, 6.07) is 14.7. The number of piperazine rings is 1. The van der Waals surface area contributed by atoms with Crippen LogP contribution >= 0.6 is 15.9 Å². The van der Waals surface area contributed by atoms with Crippen molar-refractivity contribution in [1.82, 2.24) is 9.80 Å². The molecule has 152 valence electrons. The van der Waals surface area contributed by atoms with Crippen molar-refractivity contribution in [3.05, 3.63) is 58.1 Å². The molecule has 0 aromatic heterocycles. The Kier molecular flexibility index (Phi) is 8.15. The van der Waals surface area contributed by atoms with E-state index >= 15 is 0 Å². The van der Waals surface area contributed by atoms with Gasteiger partial charge in [-0.1, -0.05) is 34.1 Å². The molecule has 1 fully saturated rings. The minimum atomic E-state index is 0.572. The molecule has 0 bridgehead atoms. The van der Waals surface area contributed by atoms with Gasteiger partial charge in [0, 0.05) is 56.5 Å². The largest absolute Gasteiger partial charge is 0.491 e. The van der Waals surface area contributed by atoms with E-state index in [0.717, 1.165) is 50.7 Å². The quantitative estimate of drug-likeness (QED) is 0.591. The zero-order valence-corrected chi connectivity index (χ0v) is 18.4. The predicted molar refractivity (Wildman–Crippen MR) is 118 cm³/mol. The van der Waals surface area contributed by atoms with Crippen molar-refractivity contribution in [3.63, 3.8) is 0 Å². The van der Waals surface area contributed by atoms with Crippen molar-refractivity contribution in [2.45, 2.75) is 13.1 Å². The number of nitrogens with zero attached hydrogens (tertiary/aromatic N) is 2. The van der Waals surface area contributed by atoms with Crippen molar-refractivity contribution in [2.24, 2.45) is 0 Å². The third-order valence-corrected chi connectivity index (χ3v) is 5.76. The highest BCUT2D eigenvalue weighted by molar-refractivity contribution is 9.10. The molecule has 0 radical (unpaired) electrons. The second kappa shape index (κ2) is 10.8. The zero-order chi connectivity index (χ0) is 19.8. The molecule has 0 unspecified atom stereocenters. The molecule has 2 aromatic carbocycles. The summed E-state index contributed by atoms with van der Waals surface area (Å²) >= 11 is 3.75. The summed E-state index contributed by atoms with van der Waals surface area (Å²) in [5.41, 5.74) is 3.68. The van der Waals surface area contributed by atoms with Crippen LogP contribution in [-0.4, -0.2) is 63.4 Å². The highest BCUT2D eigenvalue weighted by Gasteiger charge is 2.15. The fraction of sp³-hybridized carbons (Fsp3) is 0.455. The van der Waals surface area contributed by atoms with Crippen molar-refractivity contribution < 1.29 is 9.47 Å². The number of hydrogen-bond acceptors (Lipinski definition) is 5. The molecule has 0 amide bonds. The van der Waals surface area contributed by atoms with Gasteiger partial charge in [-0.3, -0.25) is 4.90 Å². The van der Waals surface area contributed by atoms with Crippen LogP contribution in [0.15, 0.2) is 46.9 Å². The maximum Gasteiger partial charge on any atom is 0.119 e. The average Bonchev–Trinajstić information content (AvgIpc) is 2.71. The number of halogens is 1. The Morgan fingerprint density at radius 3 is 2.43 bits per heavy atom. The van der Waals surface area contributed by atoms with E-state index in [1.807, 2.05) is 12.1 Å². The second-order valence-corrected chi connectivity index (χ2v) is 8.08. The molecule has 0 saturated carbocycles. The number of benzene rings is 2. The molecule has 0 spiro atoms. The van der Waals surface area contributed by atoms with Gasteiger partial charge in [-0.2, -0.15) is 0 Å². The van der Waals surface area contributed by atoms with Crippen LogP contribution in [0.1, 0.15) is 11.1 Å². The van der Waals surface area contributed by atoms with Crippen LogP contribution in [0.25, 0.3) is 0 Å². The molecule has 1 heterocycles. The first-order valence-electron chi connectivity index (χ1n) is 9.78. The summed E-state index contributed by atoms with van der Waals surface area (Å²) in [5.74, 6) is 0.872. The van der Waals surface area contributed by atoms with Gasteiger partial charge in [-0.15, -0.1) is 0 Å². The lowest BCUT2D eigenvalue weighted by Gasteiger charge is -2.32. The number of rotatable bonds is 9. The predicted octanol–water partition coefficient (Wildman–Crippen LogP) is 3.83. The Hall–Kier alpha value is -1.60.